The van der Waals surface area contributed by atoms with E-state index in [-0.39, 0.29) is 17.3 Å². The molecular weight excluding hydrogens is 318 g/mol. The maximum absolute atomic E-state index is 12.6. The van der Waals surface area contributed by atoms with Gasteiger partial charge in [0.15, 0.2) is 5.76 Å². The Labute approximate surface area is 147 Å². The molecule has 1 aromatic carbocycles. The molecule has 3 rings (SSSR count). The van der Waals surface area contributed by atoms with Gasteiger partial charge in [0, 0.05) is 12.6 Å². The molecule has 0 aliphatic carbocycles. The van der Waals surface area contributed by atoms with E-state index in [2.05, 4.69) is 11.8 Å². The van der Waals surface area contributed by atoms with Crippen LogP contribution in [-0.4, -0.2) is 29.4 Å². The number of aryl methyl sites for hydroxylation is 1. The Hall–Kier alpha value is -2.53. The number of fused-ring (bicyclic) bond motifs is 1. The summed E-state index contributed by atoms with van der Waals surface area (Å²) < 4.78 is 11.3. The van der Waals surface area contributed by atoms with Crippen LogP contribution in [0.5, 0.6) is 11.5 Å². The number of ether oxygens (including phenoxy) is 1. The van der Waals surface area contributed by atoms with Crippen molar-refractivity contribution in [1.82, 2.24) is 4.90 Å². The molecule has 1 aliphatic heterocycles. The molecule has 5 nitrogen and oxygen atoms in total. The third-order valence-electron chi connectivity index (χ3n) is 4.27. The van der Waals surface area contributed by atoms with Crippen LogP contribution in [0.1, 0.15) is 47.2 Å². The second-order valence-corrected chi connectivity index (χ2v) is 6.42. The Morgan fingerprint density at radius 1 is 1.24 bits per heavy atom. The van der Waals surface area contributed by atoms with E-state index < -0.39 is 0 Å². The normalized spacial score (nSPS) is 15.0. The van der Waals surface area contributed by atoms with E-state index in [0.29, 0.717) is 29.2 Å². The lowest BCUT2D eigenvalue weighted by Crippen LogP contribution is -2.19. The summed E-state index contributed by atoms with van der Waals surface area (Å²) in [4.78, 5) is 14.7. The Morgan fingerprint density at radius 3 is 2.72 bits per heavy atom. The van der Waals surface area contributed by atoms with Gasteiger partial charge in [-0.25, -0.2) is 0 Å². The standard InChI is InChI=1S/C20H23NO4/c1-4-5-10-21(3)12-16-17(22)9-8-15-19(23)18(25-20(15)16)11-14-7-6-13(2)24-14/h6-9,11,22H,4-5,10,12H2,1-3H3/b18-11-. The second-order valence-electron chi connectivity index (χ2n) is 6.42. The maximum atomic E-state index is 12.6. The van der Waals surface area contributed by atoms with Crippen LogP contribution in [0.15, 0.2) is 34.4 Å². The van der Waals surface area contributed by atoms with Gasteiger partial charge in [0.1, 0.15) is 23.0 Å². The second kappa shape index (κ2) is 7.15. The molecule has 0 amide bonds. The van der Waals surface area contributed by atoms with Crippen molar-refractivity contribution < 1.29 is 19.1 Å². The SMILES string of the molecule is CCCCN(C)Cc1c(O)ccc2c1O/C(=C\c1ccc(C)o1)C2=O. The van der Waals surface area contributed by atoms with Crippen LogP contribution in [0.2, 0.25) is 0 Å². The molecule has 0 bridgehead atoms. The van der Waals surface area contributed by atoms with E-state index >= 15 is 0 Å². The first-order chi connectivity index (χ1) is 12.0. The molecule has 25 heavy (non-hydrogen) atoms. The van der Waals surface area contributed by atoms with Crippen molar-refractivity contribution >= 4 is 11.9 Å². The number of aromatic hydroxyl groups is 1. The van der Waals surface area contributed by atoms with Crippen LogP contribution in [0.4, 0.5) is 0 Å². The lowest BCUT2D eigenvalue weighted by molar-refractivity contribution is 0.101. The van der Waals surface area contributed by atoms with E-state index in [1.165, 1.54) is 0 Å². The van der Waals surface area contributed by atoms with Crippen molar-refractivity contribution in [2.24, 2.45) is 0 Å². The van der Waals surface area contributed by atoms with Gasteiger partial charge >= 0.3 is 0 Å². The monoisotopic (exact) mass is 341 g/mol. The molecule has 0 saturated heterocycles. The summed E-state index contributed by atoms with van der Waals surface area (Å²) >= 11 is 0. The van der Waals surface area contributed by atoms with Crippen molar-refractivity contribution in [3.8, 4) is 11.5 Å². The number of hydrogen-bond donors (Lipinski definition) is 1. The van der Waals surface area contributed by atoms with E-state index in [0.717, 1.165) is 25.1 Å². The molecule has 0 atom stereocenters. The molecule has 132 valence electrons. The number of nitrogens with zero attached hydrogens (tertiary/aromatic N) is 1. The molecule has 2 aromatic rings. The molecule has 0 fully saturated rings. The highest BCUT2D eigenvalue weighted by atomic mass is 16.5. The molecule has 0 saturated carbocycles. The van der Waals surface area contributed by atoms with Crippen LogP contribution in [0.3, 0.4) is 0 Å². The number of ketones is 1. The smallest absolute Gasteiger partial charge is 0.232 e. The fraction of sp³-hybridized carbons (Fsp3) is 0.350. The number of phenolic OH excluding ortho intramolecular Hbond substituents is 1. The molecule has 1 aromatic heterocycles. The molecule has 1 aliphatic rings. The van der Waals surface area contributed by atoms with Gasteiger partial charge in [0.05, 0.1) is 11.1 Å². The Morgan fingerprint density at radius 2 is 2.04 bits per heavy atom. The highest BCUT2D eigenvalue weighted by molar-refractivity contribution is 6.14. The third-order valence-corrected chi connectivity index (χ3v) is 4.27. The Bertz CT molecular complexity index is 819. The van der Waals surface area contributed by atoms with Crippen molar-refractivity contribution in [2.45, 2.75) is 33.2 Å². The summed E-state index contributed by atoms with van der Waals surface area (Å²) in [6.07, 6.45) is 3.78. The topological polar surface area (TPSA) is 62.9 Å². The van der Waals surface area contributed by atoms with Gasteiger partial charge in [-0.1, -0.05) is 13.3 Å². The highest BCUT2D eigenvalue weighted by Crippen LogP contribution is 2.40. The molecular formula is C20H23NO4. The molecule has 0 unspecified atom stereocenters. The predicted octanol–water partition coefficient (Wildman–Crippen LogP) is 4.14. The van der Waals surface area contributed by atoms with Crippen LogP contribution in [-0.2, 0) is 6.54 Å². The van der Waals surface area contributed by atoms with Crippen LogP contribution in [0, 0.1) is 6.92 Å². The van der Waals surface area contributed by atoms with E-state index in [9.17, 15) is 9.90 Å². The summed E-state index contributed by atoms with van der Waals surface area (Å²) in [5, 5.41) is 10.3. The number of unbranched alkanes of at least 4 members (excludes halogenated alkanes) is 1. The van der Waals surface area contributed by atoms with Gasteiger partial charge in [-0.05, 0) is 51.2 Å². The molecule has 5 heteroatoms. The lowest BCUT2D eigenvalue weighted by atomic mass is 10.0. The first-order valence-corrected chi connectivity index (χ1v) is 8.53. The average molecular weight is 341 g/mol. The predicted molar refractivity (Wildman–Crippen MR) is 95.7 cm³/mol. The minimum absolute atomic E-state index is 0.144. The largest absolute Gasteiger partial charge is 0.507 e. The Kier molecular flexibility index (Phi) is 4.95. The van der Waals surface area contributed by atoms with Crippen molar-refractivity contribution in [3.63, 3.8) is 0 Å². The summed E-state index contributed by atoms with van der Waals surface area (Å²) in [5.41, 5.74) is 1.12. The fourth-order valence-electron chi connectivity index (χ4n) is 2.89. The summed E-state index contributed by atoms with van der Waals surface area (Å²) in [5.74, 6) is 1.95. The zero-order valence-corrected chi connectivity index (χ0v) is 14.8. The van der Waals surface area contributed by atoms with E-state index in [4.69, 9.17) is 9.15 Å². The first-order valence-electron chi connectivity index (χ1n) is 8.53. The molecule has 0 spiro atoms. The third kappa shape index (κ3) is 3.61. The maximum Gasteiger partial charge on any atom is 0.232 e. The number of benzene rings is 1. The van der Waals surface area contributed by atoms with Crippen LogP contribution >= 0.6 is 0 Å². The lowest BCUT2D eigenvalue weighted by Gasteiger charge is -2.18. The summed E-state index contributed by atoms with van der Waals surface area (Å²) in [6.45, 7) is 5.43. The van der Waals surface area contributed by atoms with E-state index in [1.807, 2.05) is 20.0 Å². The average Bonchev–Trinajstić information content (AvgIpc) is 3.13. The number of furan rings is 1. The minimum Gasteiger partial charge on any atom is -0.507 e. The van der Waals surface area contributed by atoms with Crippen molar-refractivity contribution in [2.75, 3.05) is 13.6 Å². The molecule has 2 heterocycles. The number of Topliss-reactive ketones (excluding diaryl/α,β-unsaturated/α-hetero) is 1. The van der Waals surface area contributed by atoms with Gasteiger partial charge in [0.25, 0.3) is 0 Å². The number of hydrogen-bond acceptors (Lipinski definition) is 5. The van der Waals surface area contributed by atoms with Gasteiger partial charge < -0.3 is 19.2 Å². The van der Waals surface area contributed by atoms with Crippen molar-refractivity contribution in [1.29, 1.82) is 0 Å². The zero-order valence-electron chi connectivity index (χ0n) is 14.8. The van der Waals surface area contributed by atoms with E-state index in [1.54, 1.807) is 24.3 Å². The van der Waals surface area contributed by atoms with Crippen LogP contribution in [0.25, 0.3) is 6.08 Å². The van der Waals surface area contributed by atoms with Gasteiger partial charge in [0.2, 0.25) is 5.78 Å². The number of phenols is 1. The number of allylic oxidation sites excluding steroid dienone is 1. The number of carbonyl (C=O) groups is 1. The molecule has 0 radical (unpaired) electrons. The quantitative estimate of drug-likeness (QED) is 0.800. The first kappa shape index (κ1) is 17.3. The summed E-state index contributed by atoms with van der Waals surface area (Å²) in [6, 6.07) is 6.79. The van der Waals surface area contributed by atoms with Gasteiger partial charge in [-0.2, -0.15) is 0 Å². The van der Waals surface area contributed by atoms with Crippen LogP contribution < -0.4 is 4.74 Å². The van der Waals surface area contributed by atoms with Gasteiger partial charge in [-0.3, -0.25) is 4.79 Å². The number of rotatable bonds is 6. The molecule has 1 N–H and O–H groups in total. The van der Waals surface area contributed by atoms with Crippen molar-refractivity contribution in [3.05, 3.63) is 52.7 Å². The fourth-order valence-corrected chi connectivity index (χ4v) is 2.89. The highest BCUT2D eigenvalue weighted by Gasteiger charge is 2.31. The summed E-state index contributed by atoms with van der Waals surface area (Å²) in [7, 11) is 1.99. The zero-order chi connectivity index (χ0) is 18.0. The van der Waals surface area contributed by atoms with Gasteiger partial charge in [-0.15, -0.1) is 0 Å². The Balaban J connectivity index is 1.89. The number of carbonyl (C=O) groups excluding carboxylic acids is 1. The minimum atomic E-state index is -0.193.